The maximum absolute atomic E-state index is 5.41. The first-order valence-corrected chi connectivity index (χ1v) is 5.67. The third-order valence-electron chi connectivity index (χ3n) is 2.76. The van der Waals surface area contributed by atoms with Crippen LogP contribution in [0.4, 0.5) is 6.01 Å². The predicted molar refractivity (Wildman–Crippen MR) is 57.6 cm³/mol. The summed E-state index contributed by atoms with van der Waals surface area (Å²) in [6, 6.07) is 1.05. The van der Waals surface area contributed by atoms with E-state index in [0.29, 0.717) is 30.9 Å². The highest BCUT2D eigenvalue weighted by Crippen LogP contribution is 2.20. The molecule has 0 saturated heterocycles. The highest BCUT2D eigenvalue weighted by Gasteiger charge is 2.15. The van der Waals surface area contributed by atoms with Gasteiger partial charge in [0.25, 0.3) is 0 Å². The van der Waals surface area contributed by atoms with Crippen LogP contribution >= 0.6 is 0 Å². The van der Waals surface area contributed by atoms with E-state index in [1.165, 1.54) is 32.1 Å². The molecule has 0 radical (unpaired) electrons. The van der Waals surface area contributed by atoms with E-state index in [0.717, 1.165) is 0 Å². The number of nitrogens with zero attached hydrogens (tertiary/aromatic N) is 2. The van der Waals surface area contributed by atoms with E-state index >= 15 is 0 Å². The number of nitrogens with two attached hydrogens (primary N) is 1. The lowest BCUT2D eigenvalue weighted by Crippen LogP contribution is -2.22. The van der Waals surface area contributed by atoms with Gasteiger partial charge in [-0.1, -0.05) is 24.4 Å². The SMILES string of the molecule is NCCc1nnc(NC2CCCCC2)o1. The molecule has 1 aromatic rings. The van der Waals surface area contributed by atoms with Crippen molar-refractivity contribution in [1.29, 1.82) is 0 Å². The van der Waals surface area contributed by atoms with Crippen molar-refractivity contribution in [2.75, 3.05) is 11.9 Å². The minimum absolute atomic E-state index is 0.505. The number of rotatable bonds is 4. The van der Waals surface area contributed by atoms with Crippen molar-refractivity contribution in [3.63, 3.8) is 0 Å². The molecule has 84 valence electrons. The van der Waals surface area contributed by atoms with Gasteiger partial charge in [-0.3, -0.25) is 0 Å². The van der Waals surface area contributed by atoms with Crippen molar-refractivity contribution in [2.45, 2.75) is 44.6 Å². The summed E-state index contributed by atoms with van der Waals surface area (Å²) in [5.41, 5.74) is 5.41. The highest BCUT2D eigenvalue weighted by atomic mass is 16.4. The Bertz CT molecular complexity index is 293. The van der Waals surface area contributed by atoms with E-state index in [4.69, 9.17) is 10.2 Å². The molecule has 0 amide bonds. The molecule has 0 bridgehead atoms. The monoisotopic (exact) mass is 210 g/mol. The van der Waals surface area contributed by atoms with E-state index in [1.807, 2.05) is 0 Å². The van der Waals surface area contributed by atoms with Crippen molar-refractivity contribution < 1.29 is 4.42 Å². The van der Waals surface area contributed by atoms with Gasteiger partial charge < -0.3 is 15.5 Å². The molecule has 1 aromatic heterocycles. The second-order valence-corrected chi connectivity index (χ2v) is 4.02. The first-order valence-electron chi connectivity index (χ1n) is 5.67. The van der Waals surface area contributed by atoms with Crippen LogP contribution in [0.25, 0.3) is 0 Å². The lowest BCUT2D eigenvalue weighted by atomic mass is 9.96. The number of hydrogen-bond acceptors (Lipinski definition) is 5. The lowest BCUT2D eigenvalue weighted by Gasteiger charge is -2.21. The molecule has 1 saturated carbocycles. The Labute approximate surface area is 89.4 Å². The Balaban J connectivity index is 1.86. The molecule has 5 nitrogen and oxygen atoms in total. The molecule has 2 rings (SSSR count). The van der Waals surface area contributed by atoms with Crippen LogP contribution in [-0.4, -0.2) is 22.8 Å². The summed E-state index contributed by atoms with van der Waals surface area (Å²) in [6.45, 7) is 0.547. The summed E-state index contributed by atoms with van der Waals surface area (Å²) in [5, 5.41) is 11.1. The Morgan fingerprint density at radius 2 is 2.07 bits per heavy atom. The molecule has 15 heavy (non-hydrogen) atoms. The summed E-state index contributed by atoms with van der Waals surface area (Å²) in [5.74, 6) is 0.621. The molecule has 3 N–H and O–H groups in total. The Hall–Kier alpha value is -1.10. The van der Waals surface area contributed by atoms with Gasteiger partial charge in [-0.25, -0.2) is 0 Å². The number of aromatic nitrogens is 2. The van der Waals surface area contributed by atoms with Crippen LogP contribution in [0, 0.1) is 0 Å². The van der Waals surface area contributed by atoms with E-state index in [2.05, 4.69) is 15.5 Å². The van der Waals surface area contributed by atoms with Gasteiger partial charge in [0, 0.05) is 19.0 Å². The molecule has 0 aliphatic heterocycles. The zero-order valence-electron chi connectivity index (χ0n) is 8.91. The Morgan fingerprint density at radius 3 is 2.80 bits per heavy atom. The third-order valence-corrected chi connectivity index (χ3v) is 2.76. The van der Waals surface area contributed by atoms with Gasteiger partial charge in [-0.2, -0.15) is 0 Å². The molecule has 0 unspecified atom stereocenters. The first kappa shape index (κ1) is 10.4. The first-order chi connectivity index (χ1) is 7.38. The zero-order chi connectivity index (χ0) is 10.5. The maximum Gasteiger partial charge on any atom is 0.315 e. The number of nitrogens with one attached hydrogen (secondary N) is 1. The Morgan fingerprint density at radius 1 is 1.27 bits per heavy atom. The molecule has 0 atom stereocenters. The molecule has 5 heteroatoms. The molecule has 0 spiro atoms. The van der Waals surface area contributed by atoms with Crippen LogP contribution in [0.5, 0.6) is 0 Å². The quantitative estimate of drug-likeness (QED) is 0.783. The number of hydrogen-bond donors (Lipinski definition) is 2. The fourth-order valence-corrected chi connectivity index (χ4v) is 1.96. The van der Waals surface area contributed by atoms with Gasteiger partial charge in [0.15, 0.2) is 0 Å². The predicted octanol–water partition coefficient (Wildman–Crippen LogP) is 1.32. The van der Waals surface area contributed by atoms with Gasteiger partial charge in [0.05, 0.1) is 0 Å². The van der Waals surface area contributed by atoms with Crippen LogP contribution in [0.15, 0.2) is 4.42 Å². The van der Waals surface area contributed by atoms with Crippen molar-refractivity contribution >= 4 is 6.01 Å². The second kappa shape index (κ2) is 5.11. The normalized spacial score (nSPS) is 17.9. The summed E-state index contributed by atoms with van der Waals surface area (Å²) in [7, 11) is 0. The molecular formula is C10H18N4O. The average molecular weight is 210 g/mol. The lowest BCUT2D eigenvalue weighted by molar-refractivity contribution is 0.441. The highest BCUT2D eigenvalue weighted by molar-refractivity contribution is 5.19. The summed E-state index contributed by atoms with van der Waals surface area (Å²) >= 11 is 0. The number of anilines is 1. The molecule has 1 aliphatic rings. The van der Waals surface area contributed by atoms with Gasteiger partial charge in [0.1, 0.15) is 0 Å². The largest absolute Gasteiger partial charge is 0.408 e. The van der Waals surface area contributed by atoms with Gasteiger partial charge in [-0.15, -0.1) is 5.10 Å². The minimum Gasteiger partial charge on any atom is -0.408 e. The minimum atomic E-state index is 0.505. The summed E-state index contributed by atoms with van der Waals surface area (Å²) in [6.07, 6.45) is 6.99. The topological polar surface area (TPSA) is 77.0 Å². The van der Waals surface area contributed by atoms with E-state index in [1.54, 1.807) is 0 Å². The summed E-state index contributed by atoms with van der Waals surface area (Å²) in [4.78, 5) is 0. The van der Waals surface area contributed by atoms with Crippen LogP contribution in [0.3, 0.4) is 0 Å². The second-order valence-electron chi connectivity index (χ2n) is 4.02. The fourth-order valence-electron chi connectivity index (χ4n) is 1.96. The van der Waals surface area contributed by atoms with Gasteiger partial charge >= 0.3 is 6.01 Å². The van der Waals surface area contributed by atoms with Crippen molar-refractivity contribution in [3.8, 4) is 0 Å². The maximum atomic E-state index is 5.41. The van der Waals surface area contributed by atoms with Crippen LogP contribution < -0.4 is 11.1 Å². The fraction of sp³-hybridized carbons (Fsp3) is 0.800. The molecule has 1 heterocycles. The van der Waals surface area contributed by atoms with Crippen LogP contribution in [0.1, 0.15) is 38.0 Å². The smallest absolute Gasteiger partial charge is 0.315 e. The molecule has 1 aliphatic carbocycles. The van der Waals surface area contributed by atoms with Crippen molar-refractivity contribution in [1.82, 2.24) is 10.2 Å². The molecule has 0 aromatic carbocycles. The van der Waals surface area contributed by atoms with E-state index < -0.39 is 0 Å². The average Bonchev–Trinajstić information content (AvgIpc) is 2.68. The van der Waals surface area contributed by atoms with Crippen molar-refractivity contribution in [2.24, 2.45) is 5.73 Å². The van der Waals surface area contributed by atoms with Crippen LogP contribution in [-0.2, 0) is 6.42 Å². The summed E-state index contributed by atoms with van der Waals surface area (Å²) < 4.78 is 5.41. The van der Waals surface area contributed by atoms with Crippen LogP contribution in [0.2, 0.25) is 0 Å². The molecular weight excluding hydrogens is 192 g/mol. The van der Waals surface area contributed by atoms with Gasteiger partial charge in [0.2, 0.25) is 5.89 Å². The standard InChI is InChI=1S/C10H18N4O/c11-7-6-9-13-14-10(15-9)12-8-4-2-1-3-5-8/h8H,1-7,11H2,(H,12,14). The van der Waals surface area contributed by atoms with Crippen molar-refractivity contribution in [3.05, 3.63) is 5.89 Å². The third kappa shape index (κ3) is 2.92. The van der Waals surface area contributed by atoms with Gasteiger partial charge in [-0.05, 0) is 12.8 Å². The zero-order valence-corrected chi connectivity index (χ0v) is 8.91. The van der Waals surface area contributed by atoms with E-state index in [9.17, 15) is 0 Å². The van der Waals surface area contributed by atoms with E-state index in [-0.39, 0.29) is 0 Å². The Kier molecular flexibility index (Phi) is 3.55. The molecule has 1 fully saturated rings.